The quantitative estimate of drug-likeness (QED) is 0.617. The molecule has 6 nitrogen and oxygen atoms in total. The summed E-state index contributed by atoms with van der Waals surface area (Å²) >= 11 is 0. The molecule has 0 atom stereocenters. The number of likely N-dealkylation sites (N-methyl/N-ethyl adjacent to an activating group) is 1. The Kier molecular flexibility index (Phi) is 6.32. The first-order chi connectivity index (χ1) is 13.9. The molecule has 0 bridgehead atoms. The van der Waals surface area contributed by atoms with Crippen molar-refractivity contribution < 1.29 is 4.79 Å². The number of hydrogen-bond acceptors (Lipinski definition) is 3. The van der Waals surface area contributed by atoms with Crippen LogP contribution in [-0.4, -0.2) is 38.2 Å². The molecule has 0 fully saturated rings. The number of nitrogens with zero attached hydrogens (tertiary/aromatic N) is 4. The minimum absolute atomic E-state index is 0.227. The van der Waals surface area contributed by atoms with E-state index < -0.39 is 0 Å². The number of carbonyl (C=O) groups excluding carboxylic acids is 1. The third-order valence-corrected chi connectivity index (χ3v) is 5.16. The van der Waals surface area contributed by atoms with E-state index in [1.807, 2.05) is 56.4 Å². The van der Waals surface area contributed by atoms with Crippen molar-refractivity contribution in [2.75, 3.05) is 13.1 Å². The van der Waals surface area contributed by atoms with Crippen LogP contribution in [0.1, 0.15) is 48.2 Å². The highest BCUT2D eigenvalue weighted by Gasteiger charge is 2.21. The highest BCUT2D eigenvalue weighted by Crippen LogP contribution is 2.18. The van der Waals surface area contributed by atoms with Gasteiger partial charge in [-0.25, -0.2) is 0 Å². The molecule has 2 heterocycles. The number of amides is 1. The Morgan fingerprint density at radius 3 is 2.62 bits per heavy atom. The van der Waals surface area contributed by atoms with E-state index in [1.165, 1.54) is 0 Å². The van der Waals surface area contributed by atoms with Gasteiger partial charge >= 0.3 is 0 Å². The molecule has 0 aliphatic rings. The first-order valence-electron chi connectivity index (χ1n) is 10.0. The van der Waals surface area contributed by atoms with E-state index >= 15 is 0 Å². The van der Waals surface area contributed by atoms with E-state index in [9.17, 15) is 9.59 Å². The maximum Gasteiger partial charge on any atom is 0.268 e. The van der Waals surface area contributed by atoms with E-state index in [2.05, 4.69) is 18.9 Å². The van der Waals surface area contributed by atoms with Gasteiger partial charge in [0.15, 0.2) is 0 Å². The summed E-state index contributed by atoms with van der Waals surface area (Å²) in [6, 6.07) is 11.6. The molecule has 0 saturated carbocycles. The maximum atomic E-state index is 13.3. The topological polar surface area (TPSA) is 60.1 Å². The summed E-state index contributed by atoms with van der Waals surface area (Å²) < 4.78 is 3.34. The molecule has 1 amide bonds. The largest absolute Gasteiger partial charge is 0.337 e. The molecule has 2 aromatic heterocycles. The molecule has 0 spiro atoms. The molecule has 1 aromatic carbocycles. The first kappa shape index (κ1) is 20.6. The van der Waals surface area contributed by atoms with Gasteiger partial charge in [0.1, 0.15) is 5.56 Å². The number of pyridine rings is 1. The van der Waals surface area contributed by atoms with Crippen molar-refractivity contribution in [3.05, 3.63) is 82.0 Å². The lowest BCUT2D eigenvalue weighted by Gasteiger charge is -2.22. The summed E-state index contributed by atoms with van der Waals surface area (Å²) in [6.45, 7) is 9.57. The fourth-order valence-corrected chi connectivity index (χ4v) is 3.34. The van der Waals surface area contributed by atoms with Gasteiger partial charge in [0.05, 0.1) is 6.54 Å². The molecule has 3 rings (SSSR count). The molecule has 0 unspecified atom stereocenters. The fourth-order valence-electron chi connectivity index (χ4n) is 3.34. The van der Waals surface area contributed by atoms with Crippen molar-refractivity contribution >= 4 is 5.91 Å². The summed E-state index contributed by atoms with van der Waals surface area (Å²) in [7, 11) is 0. The number of carbonyl (C=O) groups is 1. The fraction of sp³-hybridized carbons (Fsp3) is 0.348. The van der Waals surface area contributed by atoms with Crippen LogP contribution in [0.2, 0.25) is 0 Å². The molecular weight excluding hydrogens is 364 g/mol. The van der Waals surface area contributed by atoms with Crippen LogP contribution in [0.15, 0.2) is 59.8 Å². The number of rotatable bonds is 7. The van der Waals surface area contributed by atoms with Crippen molar-refractivity contribution in [3.8, 4) is 5.69 Å². The van der Waals surface area contributed by atoms with Gasteiger partial charge in [-0.15, -0.1) is 0 Å². The SMILES string of the molecule is CCN(CCn1cccn1)C(=O)c1c(C)ccn(-c2cccc(C(C)C)c2)c1=O. The van der Waals surface area contributed by atoms with Gasteiger partial charge in [-0.3, -0.25) is 18.8 Å². The first-order valence-corrected chi connectivity index (χ1v) is 10.0. The molecule has 0 aliphatic carbocycles. The lowest BCUT2D eigenvalue weighted by atomic mass is 10.0. The van der Waals surface area contributed by atoms with Crippen LogP contribution in [0.3, 0.4) is 0 Å². The minimum atomic E-state index is -0.284. The summed E-state index contributed by atoms with van der Waals surface area (Å²) in [4.78, 5) is 28.2. The Balaban J connectivity index is 1.94. The minimum Gasteiger partial charge on any atom is -0.337 e. The van der Waals surface area contributed by atoms with Crippen molar-refractivity contribution in [2.45, 2.75) is 40.2 Å². The van der Waals surface area contributed by atoms with Gasteiger partial charge in [0.25, 0.3) is 11.5 Å². The van der Waals surface area contributed by atoms with Gasteiger partial charge < -0.3 is 4.90 Å². The van der Waals surface area contributed by atoms with Crippen LogP contribution in [-0.2, 0) is 6.54 Å². The Labute approximate surface area is 171 Å². The zero-order valence-corrected chi connectivity index (χ0v) is 17.5. The molecule has 3 aromatic rings. The van der Waals surface area contributed by atoms with Gasteiger partial charge in [0.2, 0.25) is 0 Å². The zero-order valence-electron chi connectivity index (χ0n) is 17.5. The van der Waals surface area contributed by atoms with Gasteiger partial charge in [-0.1, -0.05) is 26.0 Å². The standard InChI is InChI=1S/C23H28N4O2/c1-5-25(14-15-26-12-7-11-24-26)22(28)21-18(4)10-13-27(23(21)29)20-9-6-8-19(16-20)17(2)3/h6-13,16-17H,5,14-15H2,1-4H3. The second-order valence-electron chi connectivity index (χ2n) is 7.45. The maximum absolute atomic E-state index is 13.3. The molecule has 0 saturated heterocycles. The van der Waals surface area contributed by atoms with Gasteiger partial charge in [0, 0.05) is 37.4 Å². The highest BCUT2D eigenvalue weighted by molar-refractivity contribution is 5.95. The average molecular weight is 393 g/mol. The number of aryl methyl sites for hydroxylation is 1. The highest BCUT2D eigenvalue weighted by atomic mass is 16.2. The van der Waals surface area contributed by atoms with Crippen molar-refractivity contribution in [1.82, 2.24) is 19.2 Å². The normalized spacial score (nSPS) is 11.1. The molecule has 152 valence electrons. The average Bonchev–Trinajstić information content (AvgIpc) is 3.22. The van der Waals surface area contributed by atoms with Crippen molar-refractivity contribution in [2.24, 2.45) is 0 Å². The number of aromatic nitrogens is 3. The second kappa shape index (κ2) is 8.90. The van der Waals surface area contributed by atoms with Crippen LogP contribution in [0.25, 0.3) is 5.69 Å². The van der Waals surface area contributed by atoms with Crippen LogP contribution in [0, 0.1) is 6.92 Å². The number of benzene rings is 1. The number of hydrogen-bond donors (Lipinski definition) is 0. The Morgan fingerprint density at radius 1 is 1.17 bits per heavy atom. The Hall–Kier alpha value is -3.15. The summed E-state index contributed by atoms with van der Waals surface area (Å²) in [5.74, 6) is 0.117. The van der Waals surface area contributed by atoms with E-state index in [0.29, 0.717) is 31.1 Å². The smallest absolute Gasteiger partial charge is 0.268 e. The summed E-state index contributed by atoms with van der Waals surface area (Å²) in [5.41, 5.74) is 2.55. The molecule has 0 radical (unpaired) electrons. The van der Waals surface area contributed by atoms with E-state index in [-0.39, 0.29) is 17.0 Å². The summed E-state index contributed by atoms with van der Waals surface area (Å²) in [6.07, 6.45) is 5.32. The van der Waals surface area contributed by atoms with Gasteiger partial charge in [-0.05, 0) is 55.2 Å². The van der Waals surface area contributed by atoms with E-state index in [1.54, 1.807) is 26.5 Å². The van der Waals surface area contributed by atoms with Crippen molar-refractivity contribution in [1.29, 1.82) is 0 Å². The molecule has 6 heteroatoms. The van der Waals surface area contributed by atoms with E-state index in [4.69, 9.17) is 0 Å². The summed E-state index contributed by atoms with van der Waals surface area (Å²) in [5, 5.41) is 4.18. The Morgan fingerprint density at radius 2 is 1.97 bits per heavy atom. The Bertz CT molecular complexity index is 1040. The van der Waals surface area contributed by atoms with Crippen LogP contribution in [0.4, 0.5) is 0 Å². The molecular formula is C23H28N4O2. The lowest BCUT2D eigenvalue weighted by Crippen LogP contribution is -2.38. The van der Waals surface area contributed by atoms with Crippen LogP contribution < -0.4 is 5.56 Å². The third-order valence-electron chi connectivity index (χ3n) is 5.16. The van der Waals surface area contributed by atoms with Crippen LogP contribution in [0.5, 0.6) is 0 Å². The molecule has 0 N–H and O–H groups in total. The van der Waals surface area contributed by atoms with Gasteiger partial charge in [-0.2, -0.15) is 5.10 Å². The van der Waals surface area contributed by atoms with E-state index in [0.717, 1.165) is 11.3 Å². The predicted octanol–water partition coefficient (Wildman–Crippen LogP) is 3.63. The zero-order chi connectivity index (χ0) is 21.0. The van der Waals surface area contributed by atoms with Crippen molar-refractivity contribution in [3.63, 3.8) is 0 Å². The van der Waals surface area contributed by atoms with Crippen LogP contribution >= 0.6 is 0 Å². The monoisotopic (exact) mass is 392 g/mol. The lowest BCUT2D eigenvalue weighted by molar-refractivity contribution is 0.0754. The second-order valence-corrected chi connectivity index (χ2v) is 7.45. The molecule has 0 aliphatic heterocycles. The predicted molar refractivity (Wildman–Crippen MR) is 115 cm³/mol. The third kappa shape index (κ3) is 4.47. The molecule has 29 heavy (non-hydrogen) atoms.